The van der Waals surface area contributed by atoms with Crippen LogP contribution in [0.5, 0.6) is 0 Å². The zero-order chi connectivity index (χ0) is 10.4. The van der Waals surface area contributed by atoms with Crippen molar-refractivity contribution in [3.63, 3.8) is 0 Å². The van der Waals surface area contributed by atoms with Gasteiger partial charge in [-0.1, -0.05) is 12.8 Å². The summed E-state index contributed by atoms with van der Waals surface area (Å²) in [4.78, 5) is 11.8. The SMILES string of the molecule is CC(C)OC(=O)C1(C)OC12CCCC2. The topological polar surface area (TPSA) is 38.8 Å². The Morgan fingerprint density at radius 2 is 1.93 bits per heavy atom. The first kappa shape index (κ1) is 9.97. The molecule has 0 aromatic rings. The van der Waals surface area contributed by atoms with Crippen LogP contribution in [0.3, 0.4) is 0 Å². The van der Waals surface area contributed by atoms with E-state index in [9.17, 15) is 4.79 Å². The van der Waals surface area contributed by atoms with Crippen molar-refractivity contribution in [2.75, 3.05) is 0 Å². The summed E-state index contributed by atoms with van der Waals surface area (Å²) in [6.45, 7) is 5.60. The van der Waals surface area contributed by atoms with E-state index < -0.39 is 5.60 Å². The number of esters is 1. The summed E-state index contributed by atoms with van der Waals surface area (Å²) in [5.41, 5.74) is -0.813. The highest BCUT2D eigenvalue weighted by molar-refractivity contribution is 5.84. The van der Waals surface area contributed by atoms with E-state index in [0.717, 1.165) is 12.8 Å². The van der Waals surface area contributed by atoms with E-state index in [-0.39, 0.29) is 17.7 Å². The summed E-state index contributed by atoms with van der Waals surface area (Å²) in [6, 6.07) is 0. The molecule has 0 N–H and O–H groups in total. The van der Waals surface area contributed by atoms with Crippen LogP contribution < -0.4 is 0 Å². The first-order valence-corrected chi connectivity index (χ1v) is 5.41. The van der Waals surface area contributed by atoms with Gasteiger partial charge in [-0.05, 0) is 33.6 Å². The summed E-state index contributed by atoms with van der Waals surface area (Å²) < 4.78 is 10.8. The van der Waals surface area contributed by atoms with Gasteiger partial charge >= 0.3 is 5.97 Å². The highest BCUT2D eigenvalue weighted by Gasteiger charge is 2.72. The zero-order valence-electron chi connectivity index (χ0n) is 9.13. The van der Waals surface area contributed by atoms with Crippen LogP contribution in [-0.4, -0.2) is 23.3 Å². The number of rotatable bonds is 2. The van der Waals surface area contributed by atoms with Crippen LogP contribution in [0.4, 0.5) is 0 Å². The molecule has 0 bridgehead atoms. The lowest BCUT2D eigenvalue weighted by Gasteiger charge is -2.13. The number of ether oxygens (including phenoxy) is 2. The molecular weight excluding hydrogens is 180 g/mol. The minimum atomic E-state index is -0.645. The average Bonchev–Trinajstić information content (AvgIpc) is 2.47. The van der Waals surface area contributed by atoms with Gasteiger partial charge in [0, 0.05) is 0 Å². The second-order valence-electron chi connectivity index (χ2n) is 4.79. The number of hydrogen-bond donors (Lipinski definition) is 0. The molecule has 2 fully saturated rings. The molecule has 1 saturated heterocycles. The Kier molecular flexibility index (Phi) is 2.11. The number of carbonyl (C=O) groups excluding carboxylic acids is 1. The summed E-state index contributed by atoms with van der Waals surface area (Å²) in [7, 11) is 0. The molecule has 0 radical (unpaired) electrons. The third-order valence-electron chi connectivity index (χ3n) is 3.37. The summed E-state index contributed by atoms with van der Waals surface area (Å²) in [6.07, 6.45) is 4.31. The minimum Gasteiger partial charge on any atom is -0.461 e. The number of hydrogen-bond acceptors (Lipinski definition) is 3. The van der Waals surface area contributed by atoms with Crippen molar-refractivity contribution in [2.24, 2.45) is 0 Å². The monoisotopic (exact) mass is 198 g/mol. The lowest BCUT2D eigenvalue weighted by Crippen LogP contribution is -2.33. The quantitative estimate of drug-likeness (QED) is 0.503. The van der Waals surface area contributed by atoms with Crippen molar-refractivity contribution < 1.29 is 14.3 Å². The normalized spacial score (nSPS) is 33.7. The highest BCUT2D eigenvalue weighted by Crippen LogP contribution is 2.58. The molecule has 1 heterocycles. The van der Waals surface area contributed by atoms with E-state index >= 15 is 0 Å². The van der Waals surface area contributed by atoms with Crippen molar-refractivity contribution in [1.82, 2.24) is 0 Å². The van der Waals surface area contributed by atoms with Crippen molar-refractivity contribution in [2.45, 2.75) is 63.8 Å². The summed E-state index contributed by atoms with van der Waals surface area (Å²) >= 11 is 0. The van der Waals surface area contributed by atoms with E-state index in [1.54, 1.807) is 0 Å². The molecule has 0 amide bonds. The Bertz CT molecular complexity index is 253. The minimum absolute atomic E-state index is 0.0537. The van der Waals surface area contributed by atoms with Gasteiger partial charge in [0.2, 0.25) is 0 Å². The summed E-state index contributed by atoms with van der Waals surface area (Å²) in [5.74, 6) is -0.186. The van der Waals surface area contributed by atoms with Gasteiger partial charge in [0.15, 0.2) is 5.60 Å². The van der Waals surface area contributed by atoms with Gasteiger partial charge in [0.1, 0.15) is 5.60 Å². The van der Waals surface area contributed by atoms with Crippen LogP contribution >= 0.6 is 0 Å². The lowest BCUT2D eigenvalue weighted by atomic mass is 9.93. The summed E-state index contributed by atoms with van der Waals surface area (Å²) in [5, 5.41) is 0. The van der Waals surface area contributed by atoms with Crippen LogP contribution in [0.15, 0.2) is 0 Å². The van der Waals surface area contributed by atoms with E-state index in [2.05, 4.69) is 0 Å². The lowest BCUT2D eigenvalue weighted by molar-refractivity contribution is -0.153. The van der Waals surface area contributed by atoms with Crippen molar-refractivity contribution >= 4 is 5.97 Å². The predicted octanol–water partition coefficient (Wildman–Crippen LogP) is 2.04. The van der Waals surface area contributed by atoms with Crippen LogP contribution in [0.1, 0.15) is 46.5 Å². The fourth-order valence-corrected chi connectivity index (χ4v) is 2.44. The molecule has 1 spiro atoms. The van der Waals surface area contributed by atoms with E-state index in [1.807, 2.05) is 20.8 Å². The Balaban J connectivity index is 2.02. The average molecular weight is 198 g/mol. The molecular formula is C11H18O3. The molecule has 3 nitrogen and oxygen atoms in total. The molecule has 1 saturated carbocycles. The Morgan fingerprint density at radius 1 is 1.36 bits per heavy atom. The third-order valence-corrected chi connectivity index (χ3v) is 3.37. The number of epoxide rings is 1. The fraction of sp³-hybridized carbons (Fsp3) is 0.909. The molecule has 0 aromatic heterocycles. The molecule has 1 aliphatic carbocycles. The Hall–Kier alpha value is -0.570. The molecule has 1 atom stereocenters. The molecule has 2 aliphatic rings. The largest absolute Gasteiger partial charge is 0.461 e. The van der Waals surface area contributed by atoms with E-state index in [4.69, 9.17) is 9.47 Å². The van der Waals surface area contributed by atoms with Gasteiger partial charge in [-0.3, -0.25) is 0 Å². The van der Waals surface area contributed by atoms with Crippen molar-refractivity contribution in [1.29, 1.82) is 0 Å². The van der Waals surface area contributed by atoms with Crippen molar-refractivity contribution in [3.8, 4) is 0 Å². The first-order chi connectivity index (χ1) is 6.50. The molecule has 0 aromatic carbocycles. The molecule has 14 heavy (non-hydrogen) atoms. The van der Waals surface area contributed by atoms with Gasteiger partial charge < -0.3 is 9.47 Å². The van der Waals surface area contributed by atoms with Gasteiger partial charge in [-0.2, -0.15) is 0 Å². The second kappa shape index (κ2) is 2.96. The Morgan fingerprint density at radius 3 is 2.43 bits per heavy atom. The predicted molar refractivity (Wildman–Crippen MR) is 51.9 cm³/mol. The number of carbonyl (C=O) groups is 1. The van der Waals surface area contributed by atoms with Crippen LogP contribution in [0, 0.1) is 0 Å². The van der Waals surface area contributed by atoms with Crippen LogP contribution in [-0.2, 0) is 14.3 Å². The molecule has 1 unspecified atom stereocenters. The molecule has 1 aliphatic heterocycles. The third kappa shape index (κ3) is 1.26. The second-order valence-corrected chi connectivity index (χ2v) is 4.79. The van der Waals surface area contributed by atoms with Gasteiger partial charge in [0.05, 0.1) is 6.10 Å². The molecule has 80 valence electrons. The standard InChI is InChI=1S/C11H18O3/c1-8(2)13-9(12)10(3)11(14-10)6-4-5-7-11/h8H,4-7H2,1-3H3. The van der Waals surface area contributed by atoms with E-state index in [0.29, 0.717) is 0 Å². The smallest absolute Gasteiger partial charge is 0.341 e. The first-order valence-electron chi connectivity index (χ1n) is 5.41. The Labute approximate surface area is 84.8 Å². The maximum absolute atomic E-state index is 11.8. The van der Waals surface area contributed by atoms with Crippen molar-refractivity contribution in [3.05, 3.63) is 0 Å². The maximum atomic E-state index is 11.8. The maximum Gasteiger partial charge on any atom is 0.341 e. The van der Waals surface area contributed by atoms with E-state index in [1.165, 1.54) is 12.8 Å². The van der Waals surface area contributed by atoms with Gasteiger partial charge in [-0.25, -0.2) is 4.79 Å². The van der Waals surface area contributed by atoms with Gasteiger partial charge in [0.25, 0.3) is 0 Å². The van der Waals surface area contributed by atoms with Gasteiger partial charge in [-0.15, -0.1) is 0 Å². The van der Waals surface area contributed by atoms with Crippen LogP contribution in [0.2, 0.25) is 0 Å². The van der Waals surface area contributed by atoms with Crippen LogP contribution in [0.25, 0.3) is 0 Å². The fourth-order valence-electron chi connectivity index (χ4n) is 2.44. The highest BCUT2D eigenvalue weighted by atomic mass is 16.7. The molecule has 3 heteroatoms. The zero-order valence-corrected chi connectivity index (χ0v) is 9.13. The molecule has 2 rings (SSSR count).